The highest BCUT2D eigenvalue weighted by atomic mass is 16.5. The molecule has 1 aromatic carbocycles. The number of nitrogens with one attached hydrogen (secondary N) is 2. The highest BCUT2D eigenvalue weighted by molar-refractivity contribution is 5.92. The SMILES string of the molecule is COc1ccc(CN=C(NC#N)NC2CCCCN(CC(=O)N3CCCC3)C2=O)cc1OC. The zero-order valence-electron chi connectivity index (χ0n) is 19.3. The third-order valence-corrected chi connectivity index (χ3v) is 5.92. The lowest BCUT2D eigenvalue weighted by Gasteiger charge is -2.27. The van der Waals surface area contributed by atoms with Crippen molar-refractivity contribution in [2.75, 3.05) is 40.4 Å². The van der Waals surface area contributed by atoms with Gasteiger partial charge in [-0.15, -0.1) is 0 Å². The summed E-state index contributed by atoms with van der Waals surface area (Å²) in [7, 11) is 3.13. The van der Waals surface area contributed by atoms with Crippen molar-refractivity contribution in [2.24, 2.45) is 4.99 Å². The predicted molar refractivity (Wildman–Crippen MR) is 123 cm³/mol. The van der Waals surface area contributed by atoms with Gasteiger partial charge in [-0.1, -0.05) is 6.07 Å². The lowest BCUT2D eigenvalue weighted by atomic mass is 10.1. The first kappa shape index (κ1) is 24.2. The molecule has 2 aliphatic rings. The minimum absolute atomic E-state index is 0.000932. The van der Waals surface area contributed by atoms with Gasteiger partial charge >= 0.3 is 0 Å². The molecular weight excluding hydrogens is 424 g/mol. The van der Waals surface area contributed by atoms with Crippen molar-refractivity contribution in [1.82, 2.24) is 20.4 Å². The van der Waals surface area contributed by atoms with Gasteiger partial charge in [0, 0.05) is 19.6 Å². The van der Waals surface area contributed by atoms with Gasteiger partial charge < -0.3 is 24.6 Å². The molecule has 10 heteroatoms. The van der Waals surface area contributed by atoms with Crippen molar-refractivity contribution < 1.29 is 19.1 Å². The number of nitrogens with zero attached hydrogens (tertiary/aromatic N) is 4. The van der Waals surface area contributed by atoms with Gasteiger partial charge in [0.1, 0.15) is 6.04 Å². The second-order valence-corrected chi connectivity index (χ2v) is 8.13. The molecule has 2 amide bonds. The van der Waals surface area contributed by atoms with Gasteiger partial charge in [0.2, 0.25) is 17.8 Å². The summed E-state index contributed by atoms with van der Waals surface area (Å²) in [4.78, 5) is 33.6. The largest absolute Gasteiger partial charge is 0.493 e. The number of benzene rings is 1. The Kier molecular flexibility index (Phi) is 8.75. The standard InChI is InChI=1S/C23H32N6O4/c1-32-19-9-8-17(13-20(19)33-2)14-25-23(26-16-24)27-18-7-3-4-12-29(22(18)31)15-21(30)28-10-5-6-11-28/h8-9,13,18H,3-7,10-12,14-15H2,1-2H3,(H2,25,26,27). The number of carbonyl (C=O) groups excluding carboxylic acids is 2. The van der Waals surface area contributed by atoms with Crippen LogP contribution in [0.5, 0.6) is 11.5 Å². The first-order chi connectivity index (χ1) is 16.0. The van der Waals surface area contributed by atoms with E-state index in [4.69, 9.17) is 14.7 Å². The molecule has 2 N–H and O–H groups in total. The fraction of sp³-hybridized carbons (Fsp3) is 0.565. The number of methoxy groups -OCH3 is 2. The molecule has 33 heavy (non-hydrogen) atoms. The topological polar surface area (TPSA) is 119 Å². The number of guanidine groups is 1. The van der Waals surface area contributed by atoms with Crippen LogP contribution in [0, 0.1) is 11.5 Å². The molecule has 178 valence electrons. The molecule has 0 aromatic heterocycles. The van der Waals surface area contributed by atoms with Crippen molar-refractivity contribution in [1.29, 1.82) is 5.26 Å². The van der Waals surface area contributed by atoms with Crippen molar-refractivity contribution >= 4 is 17.8 Å². The summed E-state index contributed by atoms with van der Waals surface area (Å²) in [5.41, 5.74) is 0.858. The smallest absolute Gasteiger partial charge is 0.245 e. The maximum Gasteiger partial charge on any atom is 0.245 e. The lowest BCUT2D eigenvalue weighted by Crippen LogP contribution is -2.52. The van der Waals surface area contributed by atoms with E-state index in [0.29, 0.717) is 24.5 Å². The van der Waals surface area contributed by atoms with Gasteiger partial charge in [-0.2, -0.15) is 5.26 Å². The molecule has 0 spiro atoms. The minimum Gasteiger partial charge on any atom is -0.493 e. The number of ether oxygens (including phenoxy) is 2. The van der Waals surface area contributed by atoms with E-state index in [1.54, 1.807) is 25.2 Å². The molecule has 2 heterocycles. The van der Waals surface area contributed by atoms with E-state index in [1.807, 2.05) is 23.2 Å². The van der Waals surface area contributed by atoms with E-state index in [9.17, 15) is 9.59 Å². The summed E-state index contributed by atoms with van der Waals surface area (Å²) < 4.78 is 10.6. The number of amides is 2. The number of aliphatic imine (C=N–C) groups is 1. The Bertz CT molecular complexity index is 907. The quantitative estimate of drug-likeness (QED) is 0.274. The predicted octanol–water partition coefficient (Wildman–Crippen LogP) is 1.22. The maximum atomic E-state index is 13.2. The van der Waals surface area contributed by atoms with Gasteiger partial charge in [0.15, 0.2) is 17.7 Å². The second-order valence-electron chi connectivity index (χ2n) is 8.13. The third-order valence-electron chi connectivity index (χ3n) is 5.92. The average Bonchev–Trinajstić information content (AvgIpc) is 3.32. The van der Waals surface area contributed by atoms with E-state index in [2.05, 4.69) is 15.6 Å². The molecule has 1 unspecified atom stereocenters. The molecule has 0 bridgehead atoms. The van der Waals surface area contributed by atoms with Crippen LogP contribution in [0.2, 0.25) is 0 Å². The van der Waals surface area contributed by atoms with E-state index in [0.717, 1.165) is 44.3 Å². The summed E-state index contributed by atoms with van der Waals surface area (Å²) in [6, 6.07) is 4.91. The van der Waals surface area contributed by atoms with Crippen molar-refractivity contribution in [3.05, 3.63) is 23.8 Å². The highest BCUT2D eigenvalue weighted by Crippen LogP contribution is 2.27. The highest BCUT2D eigenvalue weighted by Gasteiger charge is 2.30. The molecule has 0 saturated carbocycles. The summed E-state index contributed by atoms with van der Waals surface area (Å²) in [5, 5.41) is 14.8. The minimum atomic E-state index is -0.552. The molecule has 2 saturated heterocycles. The van der Waals surface area contributed by atoms with Crippen molar-refractivity contribution in [3.63, 3.8) is 0 Å². The molecule has 1 aromatic rings. The maximum absolute atomic E-state index is 13.2. The lowest BCUT2D eigenvalue weighted by molar-refractivity contribution is -0.140. The van der Waals surface area contributed by atoms with Crippen LogP contribution >= 0.6 is 0 Å². The first-order valence-corrected chi connectivity index (χ1v) is 11.3. The van der Waals surface area contributed by atoms with Crippen LogP contribution in [0.4, 0.5) is 0 Å². The van der Waals surface area contributed by atoms with Crippen LogP contribution in [-0.4, -0.2) is 74.0 Å². The number of rotatable bonds is 7. The molecule has 10 nitrogen and oxygen atoms in total. The van der Waals surface area contributed by atoms with Gasteiger partial charge in [-0.25, -0.2) is 4.99 Å². The number of hydrogen-bond acceptors (Lipinski definition) is 6. The molecule has 1 atom stereocenters. The number of hydrogen-bond donors (Lipinski definition) is 2. The fourth-order valence-corrected chi connectivity index (χ4v) is 4.11. The Balaban J connectivity index is 1.67. The first-order valence-electron chi connectivity index (χ1n) is 11.3. The van der Waals surface area contributed by atoms with Crippen molar-refractivity contribution in [3.8, 4) is 17.7 Å². The Morgan fingerprint density at radius 3 is 2.58 bits per heavy atom. The van der Waals surface area contributed by atoms with Gasteiger partial charge in [-0.3, -0.25) is 14.9 Å². The zero-order valence-corrected chi connectivity index (χ0v) is 19.3. The number of carbonyl (C=O) groups is 2. The van der Waals surface area contributed by atoms with Gasteiger partial charge in [-0.05, 0) is 49.8 Å². The average molecular weight is 457 g/mol. The monoisotopic (exact) mass is 456 g/mol. The zero-order chi connectivity index (χ0) is 23.6. The third kappa shape index (κ3) is 6.51. The van der Waals surface area contributed by atoms with Crippen LogP contribution in [0.1, 0.15) is 37.7 Å². The Labute approximate surface area is 194 Å². The normalized spacial score (nSPS) is 19.0. The summed E-state index contributed by atoms with van der Waals surface area (Å²) in [5.74, 6) is 1.28. The van der Waals surface area contributed by atoms with Gasteiger partial charge in [0.25, 0.3) is 0 Å². The van der Waals surface area contributed by atoms with Crippen molar-refractivity contribution in [2.45, 2.75) is 44.7 Å². The van der Waals surface area contributed by atoms with Gasteiger partial charge in [0.05, 0.1) is 27.3 Å². The molecule has 2 aliphatic heterocycles. The molecule has 0 radical (unpaired) electrons. The number of nitriles is 1. The summed E-state index contributed by atoms with van der Waals surface area (Å²) in [6.45, 7) is 2.46. The van der Waals surface area contributed by atoms with Crippen LogP contribution in [0.25, 0.3) is 0 Å². The molecule has 0 aliphatic carbocycles. The van der Waals surface area contributed by atoms with E-state index in [1.165, 1.54) is 0 Å². The van der Waals surface area contributed by atoms with Crippen LogP contribution in [-0.2, 0) is 16.1 Å². The fourth-order valence-electron chi connectivity index (χ4n) is 4.11. The molecule has 2 fully saturated rings. The summed E-state index contributed by atoms with van der Waals surface area (Å²) in [6.07, 6.45) is 6.19. The van der Waals surface area contributed by atoms with E-state index >= 15 is 0 Å². The Morgan fingerprint density at radius 2 is 1.88 bits per heavy atom. The number of likely N-dealkylation sites (tertiary alicyclic amines) is 2. The van der Waals surface area contributed by atoms with E-state index < -0.39 is 6.04 Å². The Hall–Kier alpha value is -3.48. The molecule has 3 rings (SSSR count). The summed E-state index contributed by atoms with van der Waals surface area (Å²) >= 11 is 0. The van der Waals surface area contributed by atoms with Crippen LogP contribution in [0.3, 0.4) is 0 Å². The van der Waals surface area contributed by atoms with Crippen LogP contribution < -0.4 is 20.1 Å². The van der Waals surface area contributed by atoms with Crippen LogP contribution in [0.15, 0.2) is 23.2 Å². The van der Waals surface area contributed by atoms with E-state index in [-0.39, 0.29) is 30.9 Å². The second kappa shape index (κ2) is 11.9. The molecular formula is C23H32N6O4. The Morgan fingerprint density at radius 1 is 1.15 bits per heavy atom.